The summed E-state index contributed by atoms with van der Waals surface area (Å²) in [5.41, 5.74) is 1.59. The van der Waals surface area contributed by atoms with E-state index < -0.39 is 0 Å². The number of hydrogen-bond donors (Lipinski definition) is 0. The molecule has 0 aliphatic rings. The van der Waals surface area contributed by atoms with E-state index in [9.17, 15) is 4.39 Å². The molecule has 2 nitrogen and oxygen atoms in total. The lowest BCUT2D eigenvalue weighted by Crippen LogP contribution is -1.83. The van der Waals surface area contributed by atoms with Crippen LogP contribution in [0, 0.1) is 17.1 Å². The Morgan fingerprint density at radius 3 is 2.60 bits per heavy atom. The Morgan fingerprint density at radius 1 is 1.20 bits per heavy atom. The van der Waals surface area contributed by atoms with Gasteiger partial charge in [-0.1, -0.05) is 18.2 Å². The van der Waals surface area contributed by atoms with Crippen molar-refractivity contribution in [1.82, 2.24) is 4.57 Å². The molecule has 74 valence electrons. The molecule has 1 aromatic heterocycles. The number of nitrogens with zero attached hydrogens (tertiary/aromatic N) is 2. The van der Waals surface area contributed by atoms with Crippen LogP contribution in [0.15, 0.2) is 36.7 Å². The normalized spacial score (nSPS) is 9.93. The second-order valence-electron chi connectivity index (χ2n) is 3.34. The summed E-state index contributed by atoms with van der Waals surface area (Å²) in [6.45, 7) is 0. The van der Waals surface area contributed by atoms with Gasteiger partial charge in [0.1, 0.15) is 11.9 Å². The van der Waals surface area contributed by atoms with Crippen molar-refractivity contribution in [2.75, 3.05) is 0 Å². The van der Waals surface area contributed by atoms with Crippen molar-refractivity contribution in [1.29, 1.82) is 5.26 Å². The van der Waals surface area contributed by atoms with Crippen LogP contribution in [-0.2, 0) is 7.05 Å². The van der Waals surface area contributed by atoms with Crippen molar-refractivity contribution in [3.05, 3.63) is 48.0 Å². The molecular weight excluding hydrogens is 191 g/mol. The van der Waals surface area contributed by atoms with Crippen LogP contribution in [0.5, 0.6) is 0 Å². The monoisotopic (exact) mass is 200 g/mol. The standard InChI is InChI=1S/C12H9FN2/c1-15-7-9(6-14)11(8-15)10-4-2-3-5-12(10)13/h2-5,7-8H,1H3. The van der Waals surface area contributed by atoms with Gasteiger partial charge in [0.05, 0.1) is 5.56 Å². The van der Waals surface area contributed by atoms with Crippen molar-refractivity contribution in [2.45, 2.75) is 0 Å². The van der Waals surface area contributed by atoms with Gasteiger partial charge in [-0.25, -0.2) is 4.39 Å². The number of nitriles is 1. The summed E-state index contributed by atoms with van der Waals surface area (Å²) >= 11 is 0. The molecule has 0 saturated heterocycles. The fourth-order valence-corrected chi connectivity index (χ4v) is 1.57. The summed E-state index contributed by atoms with van der Waals surface area (Å²) in [6, 6.07) is 8.51. The van der Waals surface area contributed by atoms with E-state index in [1.165, 1.54) is 6.07 Å². The minimum Gasteiger partial charge on any atom is -0.355 e. The van der Waals surface area contributed by atoms with Gasteiger partial charge < -0.3 is 4.57 Å². The molecule has 2 rings (SSSR count). The molecule has 1 aromatic carbocycles. The van der Waals surface area contributed by atoms with E-state index in [0.29, 0.717) is 16.7 Å². The Labute approximate surface area is 87.2 Å². The van der Waals surface area contributed by atoms with Gasteiger partial charge in [-0.15, -0.1) is 0 Å². The van der Waals surface area contributed by atoms with Gasteiger partial charge in [-0.05, 0) is 6.07 Å². The first kappa shape index (κ1) is 9.47. The molecule has 0 saturated carbocycles. The van der Waals surface area contributed by atoms with E-state index in [1.807, 2.05) is 7.05 Å². The Kier molecular flexibility index (Phi) is 2.26. The Hall–Kier alpha value is -2.08. The van der Waals surface area contributed by atoms with Gasteiger partial charge in [-0.3, -0.25) is 0 Å². The third kappa shape index (κ3) is 1.62. The van der Waals surface area contributed by atoms with Crippen LogP contribution < -0.4 is 0 Å². The molecule has 0 aliphatic heterocycles. The minimum atomic E-state index is -0.305. The van der Waals surface area contributed by atoms with Crippen LogP contribution in [0.2, 0.25) is 0 Å². The van der Waals surface area contributed by atoms with Gasteiger partial charge in [0.15, 0.2) is 0 Å². The lowest BCUT2D eigenvalue weighted by atomic mass is 10.1. The quantitative estimate of drug-likeness (QED) is 0.695. The second kappa shape index (κ2) is 3.58. The van der Waals surface area contributed by atoms with E-state index in [-0.39, 0.29) is 5.82 Å². The van der Waals surface area contributed by atoms with Crippen molar-refractivity contribution in [2.24, 2.45) is 7.05 Å². The lowest BCUT2D eigenvalue weighted by molar-refractivity contribution is 0.631. The molecule has 2 aromatic rings. The smallest absolute Gasteiger partial charge is 0.131 e. The van der Waals surface area contributed by atoms with Gasteiger partial charge in [-0.2, -0.15) is 5.26 Å². The molecule has 0 unspecified atom stereocenters. The Balaban J connectivity index is 2.65. The zero-order valence-corrected chi connectivity index (χ0v) is 8.24. The van der Waals surface area contributed by atoms with Crippen LogP contribution in [0.4, 0.5) is 4.39 Å². The first-order valence-corrected chi connectivity index (χ1v) is 4.53. The maximum Gasteiger partial charge on any atom is 0.131 e. The molecule has 0 aliphatic carbocycles. The zero-order valence-electron chi connectivity index (χ0n) is 8.24. The highest BCUT2D eigenvalue weighted by Crippen LogP contribution is 2.26. The third-order valence-corrected chi connectivity index (χ3v) is 2.24. The summed E-state index contributed by atoms with van der Waals surface area (Å²) in [5.74, 6) is -0.305. The van der Waals surface area contributed by atoms with Crippen LogP contribution >= 0.6 is 0 Å². The van der Waals surface area contributed by atoms with Gasteiger partial charge in [0.25, 0.3) is 0 Å². The Morgan fingerprint density at radius 2 is 1.93 bits per heavy atom. The van der Waals surface area contributed by atoms with Crippen LogP contribution in [0.3, 0.4) is 0 Å². The van der Waals surface area contributed by atoms with Crippen LogP contribution in [0.1, 0.15) is 5.56 Å². The van der Waals surface area contributed by atoms with Gasteiger partial charge in [0.2, 0.25) is 0 Å². The summed E-state index contributed by atoms with van der Waals surface area (Å²) in [6.07, 6.45) is 3.43. The molecule has 3 heteroatoms. The first-order chi connectivity index (χ1) is 7.22. The van der Waals surface area contributed by atoms with Crippen molar-refractivity contribution in [3.8, 4) is 17.2 Å². The molecule has 0 amide bonds. The molecule has 0 radical (unpaired) electrons. The SMILES string of the molecule is Cn1cc(C#N)c(-c2ccccc2F)c1. The molecule has 15 heavy (non-hydrogen) atoms. The molecular formula is C12H9FN2. The molecule has 1 heterocycles. The summed E-state index contributed by atoms with van der Waals surface area (Å²) < 4.78 is 15.2. The number of aromatic nitrogens is 1. The minimum absolute atomic E-state index is 0.305. The largest absolute Gasteiger partial charge is 0.355 e. The predicted molar refractivity (Wildman–Crippen MR) is 55.5 cm³/mol. The van der Waals surface area contributed by atoms with E-state index in [2.05, 4.69) is 6.07 Å². The van der Waals surface area contributed by atoms with Crippen molar-refractivity contribution in [3.63, 3.8) is 0 Å². The average molecular weight is 200 g/mol. The molecule has 0 bridgehead atoms. The molecule has 0 N–H and O–H groups in total. The highest BCUT2D eigenvalue weighted by Gasteiger charge is 2.10. The molecule has 0 fully saturated rings. The second-order valence-corrected chi connectivity index (χ2v) is 3.34. The topological polar surface area (TPSA) is 28.7 Å². The van der Waals surface area contributed by atoms with Gasteiger partial charge in [0, 0.05) is 30.6 Å². The number of rotatable bonds is 1. The van der Waals surface area contributed by atoms with E-state index in [4.69, 9.17) is 5.26 Å². The average Bonchev–Trinajstić information content (AvgIpc) is 2.60. The van der Waals surface area contributed by atoms with E-state index >= 15 is 0 Å². The lowest BCUT2D eigenvalue weighted by Gasteiger charge is -1.99. The maximum absolute atomic E-state index is 13.5. The first-order valence-electron chi connectivity index (χ1n) is 4.53. The highest BCUT2D eigenvalue weighted by atomic mass is 19.1. The predicted octanol–water partition coefficient (Wildman–Crippen LogP) is 2.70. The number of aryl methyl sites for hydroxylation is 1. The van der Waals surface area contributed by atoms with Crippen molar-refractivity contribution < 1.29 is 4.39 Å². The summed E-state index contributed by atoms with van der Waals surface area (Å²) in [7, 11) is 1.81. The molecule has 0 spiro atoms. The zero-order chi connectivity index (χ0) is 10.8. The van der Waals surface area contributed by atoms with Crippen LogP contribution in [-0.4, -0.2) is 4.57 Å². The Bertz CT molecular complexity index is 535. The summed E-state index contributed by atoms with van der Waals surface area (Å²) in [5, 5.41) is 8.90. The number of halogens is 1. The number of hydrogen-bond acceptors (Lipinski definition) is 1. The van der Waals surface area contributed by atoms with Crippen LogP contribution in [0.25, 0.3) is 11.1 Å². The fraction of sp³-hybridized carbons (Fsp3) is 0.0833. The van der Waals surface area contributed by atoms with Crippen molar-refractivity contribution >= 4 is 0 Å². The molecule has 0 atom stereocenters. The van der Waals surface area contributed by atoms with Gasteiger partial charge >= 0.3 is 0 Å². The maximum atomic E-state index is 13.5. The fourth-order valence-electron chi connectivity index (χ4n) is 1.57. The highest BCUT2D eigenvalue weighted by molar-refractivity contribution is 5.70. The number of benzene rings is 1. The summed E-state index contributed by atoms with van der Waals surface area (Å²) in [4.78, 5) is 0. The third-order valence-electron chi connectivity index (χ3n) is 2.24. The van der Waals surface area contributed by atoms with E-state index in [1.54, 1.807) is 35.2 Å². The van der Waals surface area contributed by atoms with E-state index in [0.717, 1.165) is 0 Å².